The fourth-order valence-electron chi connectivity index (χ4n) is 2.75. The predicted octanol–water partition coefficient (Wildman–Crippen LogP) is 3.42. The molecule has 0 spiro atoms. The third kappa shape index (κ3) is 2.96. The Kier molecular flexibility index (Phi) is 3.97. The van der Waals surface area contributed by atoms with Gasteiger partial charge in [-0.3, -0.25) is 0 Å². The number of hydrogen-bond donors (Lipinski definition) is 1. The van der Waals surface area contributed by atoms with Crippen LogP contribution in [0.4, 0.5) is 5.82 Å². The normalized spacial score (nSPS) is 18.2. The summed E-state index contributed by atoms with van der Waals surface area (Å²) in [5.41, 5.74) is 1.62. The van der Waals surface area contributed by atoms with Crippen LogP contribution in [0.2, 0.25) is 0 Å². The SMILES string of the molecule is CCc1cc(NCC2(CC)CCCC2)ncn1. The second kappa shape index (κ2) is 5.48. The Morgan fingerprint density at radius 2 is 2.00 bits per heavy atom. The molecule has 1 aromatic heterocycles. The van der Waals surface area contributed by atoms with E-state index in [1.807, 2.05) is 0 Å². The highest BCUT2D eigenvalue weighted by atomic mass is 15.0. The smallest absolute Gasteiger partial charge is 0.129 e. The zero-order valence-electron chi connectivity index (χ0n) is 11.0. The summed E-state index contributed by atoms with van der Waals surface area (Å²) in [6.45, 7) is 5.49. The molecule has 0 atom stereocenters. The minimum absolute atomic E-state index is 0.511. The first kappa shape index (κ1) is 12.3. The first-order chi connectivity index (χ1) is 8.28. The molecular formula is C14H23N3. The molecule has 0 radical (unpaired) electrons. The maximum Gasteiger partial charge on any atom is 0.129 e. The van der Waals surface area contributed by atoms with Crippen LogP contribution in [-0.2, 0) is 6.42 Å². The number of hydrogen-bond acceptors (Lipinski definition) is 3. The van der Waals surface area contributed by atoms with Crippen molar-refractivity contribution in [3.8, 4) is 0 Å². The molecule has 2 rings (SSSR count). The molecule has 0 unspecified atom stereocenters. The van der Waals surface area contributed by atoms with Crippen LogP contribution in [-0.4, -0.2) is 16.5 Å². The molecule has 1 N–H and O–H groups in total. The summed E-state index contributed by atoms with van der Waals surface area (Å²) in [6, 6.07) is 2.07. The number of nitrogens with one attached hydrogen (secondary N) is 1. The lowest BCUT2D eigenvalue weighted by atomic mass is 9.83. The van der Waals surface area contributed by atoms with Gasteiger partial charge in [0.2, 0.25) is 0 Å². The molecule has 0 aromatic carbocycles. The number of rotatable bonds is 5. The Morgan fingerprint density at radius 3 is 2.65 bits per heavy atom. The lowest BCUT2D eigenvalue weighted by molar-refractivity contribution is 0.306. The van der Waals surface area contributed by atoms with Crippen molar-refractivity contribution in [1.29, 1.82) is 0 Å². The quantitative estimate of drug-likeness (QED) is 0.846. The topological polar surface area (TPSA) is 37.8 Å². The van der Waals surface area contributed by atoms with Gasteiger partial charge >= 0.3 is 0 Å². The highest BCUT2D eigenvalue weighted by Gasteiger charge is 2.31. The van der Waals surface area contributed by atoms with E-state index in [1.165, 1.54) is 32.1 Å². The third-order valence-corrected chi connectivity index (χ3v) is 4.14. The second-order valence-corrected chi connectivity index (χ2v) is 5.16. The van der Waals surface area contributed by atoms with Gasteiger partial charge in [-0.1, -0.05) is 26.7 Å². The standard InChI is InChI=1S/C14H23N3/c1-3-12-9-13(17-11-16-12)15-10-14(4-2)7-5-6-8-14/h9,11H,3-8,10H2,1-2H3,(H,15,16,17). The van der Waals surface area contributed by atoms with Crippen molar-refractivity contribution >= 4 is 5.82 Å². The molecule has 1 fully saturated rings. The maximum absolute atomic E-state index is 4.29. The molecule has 1 aromatic rings. The summed E-state index contributed by atoms with van der Waals surface area (Å²) in [5.74, 6) is 0.983. The minimum atomic E-state index is 0.511. The van der Waals surface area contributed by atoms with Crippen molar-refractivity contribution in [2.75, 3.05) is 11.9 Å². The van der Waals surface area contributed by atoms with Crippen LogP contribution < -0.4 is 5.32 Å². The van der Waals surface area contributed by atoms with E-state index in [4.69, 9.17) is 0 Å². The van der Waals surface area contributed by atoms with E-state index in [2.05, 4.69) is 35.2 Å². The average molecular weight is 233 g/mol. The Labute approximate surface area is 104 Å². The Morgan fingerprint density at radius 1 is 1.24 bits per heavy atom. The summed E-state index contributed by atoms with van der Waals surface area (Å²) in [7, 11) is 0. The van der Waals surface area contributed by atoms with E-state index in [0.29, 0.717) is 5.41 Å². The van der Waals surface area contributed by atoms with Crippen molar-refractivity contribution in [2.45, 2.75) is 52.4 Å². The molecule has 1 heterocycles. The fraction of sp³-hybridized carbons (Fsp3) is 0.714. The molecule has 0 bridgehead atoms. The first-order valence-electron chi connectivity index (χ1n) is 6.83. The van der Waals surface area contributed by atoms with Gasteiger partial charge < -0.3 is 5.32 Å². The highest BCUT2D eigenvalue weighted by Crippen LogP contribution is 2.40. The van der Waals surface area contributed by atoms with Crippen LogP contribution in [0.15, 0.2) is 12.4 Å². The van der Waals surface area contributed by atoms with Gasteiger partial charge in [0.1, 0.15) is 12.1 Å². The van der Waals surface area contributed by atoms with Crippen LogP contribution in [0.5, 0.6) is 0 Å². The zero-order chi connectivity index (χ0) is 12.1. The lowest BCUT2D eigenvalue weighted by Gasteiger charge is -2.27. The van der Waals surface area contributed by atoms with Gasteiger partial charge in [-0.2, -0.15) is 0 Å². The minimum Gasteiger partial charge on any atom is -0.369 e. The Hall–Kier alpha value is -1.12. The second-order valence-electron chi connectivity index (χ2n) is 5.16. The van der Waals surface area contributed by atoms with E-state index < -0.39 is 0 Å². The summed E-state index contributed by atoms with van der Waals surface area (Å²) in [6.07, 6.45) is 9.40. The monoisotopic (exact) mass is 233 g/mol. The molecule has 0 aliphatic heterocycles. The lowest BCUT2D eigenvalue weighted by Crippen LogP contribution is -2.26. The van der Waals surface area contributed by atoms with Crippen molar-refractivity contribution in [3.63, 3.8) is 0 Å². The van der Waals surface area contributed by atoms with Crippen molar-refractivity contribution < 1.29 is 0 Å². The summed E-state index contributed by atoms with van der Waals surface area (Å²) in [5, 5.41) is 3.50. The van der Waals surface area contributed by atoms with Gasteiger partial charge in [0, 0.05) is 18.3 Å². The molecule has 3 nitrogen and oxygen atoms in total. The van der Waals surface area contributed by atoms with Gasteiger partial charge in [-0.25, -0.2) is 9.97 Å². The maximum atomic E-state index is 4.29. The van der Waals surface area contributed by atoms with E-state index in [9.17, 15) is 0 Å². The number of anilines is 1. The van der Waals surface area contributed by atoms with Gasteiger partial charge in [-0.05, 0) is 31.1 Å². The highest BCUT2D eigenvalue weighted by molar-refractivity contribution is 5.35. The van der Waals surface area contributed by atoms with Crippen molar-refractivity contribution in [1.82, 2.24) is 9.97 Å². The predicted molar refractivity (Wildman–Crippen MR) is 71.1 cm³/mol. The van der Waals surface area contributed by atoms with E-state index >= 15 is 0 Å². The molecule has 17 heavy (non-hydrogen) atoms. The van der Waals surface area contributed by atoms with Crippen molar-refractivity contribution in [3.05, 3.63) is 18.1 Å². The van der Waals surface area contributed by atoms with Gasteiger partial charge in [-0.15, -0.1) is 0 Å². The molecule has 0 amide bonds. The van der Waals surface area contributed by atoms with Crippen LogP contribution in [0.25, 0.3) is 0 Å². The summed E-state index contributed by atoms with van der Waals surface area (Å²) >= 11 is 0. The molecule has 3 heteroatoms. The molecular weight excluding hydrogens is 210 g/mol. The van der Waals surface area contributed by atoms with E-state index in [-0.39, 0.29) is 0 Å². The van der Waals surface area contributed by atoms with E-state index in [1.54, 1.807) is 6.33 Å². The van der Waals surface area contributed by atoms with E-state index in [0.717, 1.165) is 24.5 Å². The Bertz CT molecular complexity index is 356. The van der Waals surface area contributed by atoms with Crippen LogP contribution in [0.3, 0.4) is 0 Å². The van der Waals surface area contributed by atoms with Crippen molar-refractivity contribution in [2.24, 2.45) is 5.41 Å². The number of aryl methyl sites for hydroxylation is 1. The Balaban J connectivity index is 1.96. The zero-order valence-corrected chi connectivity index (χ0v) is 11.0. The number of aromatic nitrogens is 2. The van der Waals surface area contributed by atoms with Crippen LogP contribution >= 0.6 is 0 Å². The average Bonchev–Trinajstić information content (AvgIpc) is 2.86. The first-order valence-corrected chi connectivity index (χ1v) is 6.83. The van der Waals surface area contributed by atoms with Crippen LogP contribution in [0.1, 0.15) is 51.6 Å². The molecule has 1 saturated carbocycles. The fourth-order valence-corrected chi connectivity index (χ4v) is 2.75. The van der Waals surface area contributed by atoms with Crippen LogP contribution in [0, 0.1) is 5.41 Å². The largest absolute Gasteiger partial charge is 0.369 e. The third-order valence-electron chi connectivity index (χ3n) is 4.14. The molecule has 94 valence electrons. The molecule has 0 saturated heterocycles. The summed E-state index contributed by atoms with van der Waals surface area (Å²) < 4.78 is 0. The number of nitrogens with zero attached hydrogens (tertiary/aromatic N) is 2. The van der Waals surface area contributed by atoms with Gasteiger partial charge in [0.15, 0.2) is 0 Å². The molecule has 1 aliphatic carbocycles. The van der Waals surface area contributed by atoms with Gasteiger partial charge in [0.05, 0.1) is 0 Å². The van der Waals surface area contributed by atoms with Gasteiger partial charge in [0.25, 0.3) is 0 Å². The summed E-state index contributed by atoms with van der Waals surface area (Å²) in [4.78, 5) is 8.52. The molecule has 1 aliphatic rings.